The zero-order valence-electron chi connectivity index (χ0n) is 12.1. The minimum absolute atomic E-state index is 0.523. The molecule has 4 heteroatoms. The van der Waals surface area contributed by atoms with Gasteiger partial charge in [0, 0.05) is 17.5 Å². The number of ether oxygens (including phenoxy) is 1. The maximum Gasteiger partial charge on any atom is 0.133 e. The Morgan fingerprint density at radius 3 is 2.75 bits per heavy atom. The average Bonchev–Trinajstić information content (AvgIpc) is 2.91. The van der Waals surface area contributed by atoms with Crippen LogP contribution in [0.3, 0.4) is 0 Å². The topological polar surface area (TPSA) is 12.5 Å². The first-order valence-corrected chi connectivity index (χ1v) is 8.32. The lowest BCUT2D eigenvalue weighted by Crippen LogP contribution is -2.30. The largest absolute Gasteiger partial charge is 0.496 e. The van der Waals surface area contributed by atoms with Crippen LogP contribution in [0.5, 0.6) is 5.75 Å². The number of benzene rings is 1. The van der Waals surface area contributed by atoms with E-state index in [9.17, 15) is 0 Å². The van der Waals surface area contributed by atoms with Crippen molar-refractivity contribution >= 4 is 27.3 Å². The number of methoxy groups -OCH3 is 1. The molecule has 0 N–H and O–H groups in total. The number of likely N-dealkylation sites (N-methyl/N-ethyl adjacent to an activating group) is 1. The third-order valence-corrected chi connectivity index (χ3v) is 5.00. The second kappa shape index (κ2) is 7.25. The Balaban J connectivity index is 1.96. The molecule has 0 amide bonds. The lowest BCUT2D eigenvalue weighted by molar-refractivity contribution is 0.249. The van der Waals surface area contributed by atoms with Gasteiger partial charge in [-0.2, -0.15) is 0 Å². The SMILES string of the molecule is COc1ccc(CN(C)C(C)Cc2cccs2)cc1Br. The first-order valence-electron chi connectivity index (χ1n) is 6.65. The van der Waals surface area contributed by atoms with Crippen molar-refractivity contribution in [2.45, 2.75) is 25.9 Å². The number of rotatable bonds is 6. The van der Waals surface area contributed by atoms with Gasteiger partial charge in [0.15, 0.2) is 0 Å². The second-order valence-electron chi connectivity index (χ2n) is 5.02. The highest BCUT2D eigenvalue weighted by atomic mass is 79.9. The Kier molecular flexibility index (Phi) is 5.64. The Morgan fingerprint density at radius 2 is 2.15 bits per heavy atom. The van der Waals surface area contributed by atoms with E-state index in [1.165, 1.54) is 10.4 Å². The summed E-state index contributed by atoms with van der Waals surface area (Å²) in [6.07, 6.45) is 1.10. The molecule has 1 heterocycles. The minimum Gasteiger partial charge on any atom is -0.496 e. The van der Waals surface area contributed by atoms with Crippen molar-refractivity contribution in [3.05, 3.63) is 50.6 Å². The molecule has 0 aliphatic carbocycles. The van der Waals surface area contributed by atoms with Crippen molar-refractivity contribution in [1.82, 2.24) is 4.90 Å². The van der Waals surface area contributed by atoms with Crippen LogP contribution in [-0.4, -0.2) is 25.1 Å². The number of nitrogens with zero attached hydrogens (tertiary/aromatic N) is 1. The molecule has 0 spiro atoms. The van der Waals surface area contributed by atoms with E-state index in [4.69, 9.17) is 4.74 Å². The fourth-order valence-corrected chi connectivity index (χ4v) is 3.54. The summed E-state index contributed by atoms with van der Waals surface area (Å²) in [6, 6.07) is 11.1. The minimum atomic E-state index is 0.523. The van der Waals surface area contributed by atoms with Gasteiger partial charge in [-0.15, -0.1) is 11.3 Å². The molecule has 1 atom stereocenters. The fraction of sp³-hybridized carbons (Fsp3) is 0.375. The number of halogens is 1. The van der Waals surface area contributed by atoms with Gasteiger partial charge in [0.2, 0.25) is 0 Å². The van der Waals surface area contributed by atoms with Crippen LogP contribution in [0.15, 0.2) is 40.2 Å². The van der Waals surface area contributed by atoms with Crippen molar-refractivity contribution in [2.24, 2.45) is 0 Å². The third kappa shape index (κ3) is 4.08. The predicted octanol–water partition coefficient (Wildman–Crippen LogP) is 4.58. The molecule has 0 aliphatic heterocycles. The summed E-state index contributed by atoms with van der Waals surface area (Å²) in [6.45, 7) is 3.22. The molecule has 0 saturated heterocycles. The van der Waals surface area contributed by atoms with Gasteiger partial charge in [-0.3, -0.25) is 4.90 Å². The molecule has 2 rings (SSSR count). The van der Waals surface area contributed by atoms with Crippen molar-refractivity contribution < 1.29 is 4.74 Å². The molecule has 2 nitrogen and oxygen atoms in total. The fourth-order valence-electron chi connectivity index (χ4n) is 2.13. The summed E-state index contributed by atoms with van der Waals surface area (Å²) in [5.41, 5.74) is 1.29. The van der Waals surface area contributed by atoms with Crippen LogP contribution in [0.1, 0.15) is 17.4 Å². The molecule has 0 aliphatic rings. The van der Waals surface area contributed by atoms with Crippen LogP contribution in [0, 0.1) is 0 Å². The average molecular weight is 354 g/mol. The molecule has 0 fully saturated rings. The highest BCUT2D eigenvalue weighted by Crippen LogP contribution is 2.26. The maximum atomic E-state index is 5.26. The van der Waals surface area contributed by atoms with Gasteiger partial charge in [0.25, 0.3) is 0 Å². The van der Waals surface area contributed by atoms with Crippen LogP contribution in [0.4, 0.5) is 0 Å². The lowest BCUT2D eigenvalue weighted by Gasteiger charge is -2.24. The van der Waals surface area contributed by atoms with Crippen molar-refractivity contribution in [1.29, 1.82) is 0 Å². The van der Waals surface area contributed by atoms with Gasteiger partial charge in [0.1, 0.15) is 5.75 Å². The van der Waals surface area contributed by atoms with E-state index >= 15 is 0 Å². The highest BCUT2D eigenvalue weighted by Gasteiger charge is 2.12. The summed E-state index contributed by atoms with van der Waals surface area (Å²) in [5, 5.41) is 2.14. The Bertz CT molecular complexity index is 541. The summed E-state index contributed by atoms with van der Waals surface area (Å²) in [5.74, 6) is 0.878. The molecular formula is C16H20BrNOS. The third-order valence-electron chi connectivity index (χ3n) is 3.48. The summed E-state index contributed by atoms with van der Waals surface area (Å²) in [4.78, 5) is 3.83. The van der Waals surface area contributed by atoms with Crippen LogP contribution >= 0.6 is 27.3 Å². The van der Waals surface area contributed by atoms with Crippen molar-refractivity contribution in [3.63, 3.8) is 0 Å². The maximum absolute atomic E-state index is 5.26. The molecule has 108 valence electrons. The normalized spacial score (nSPS) is 12.7. The van der Waals surface area contributed by atoms with Gasteiger partial charge in [-0.1, -0.05) is 12.1 Å². The summed E-state index contributed by atoms with van der Waals surface area (Å²) >= 11 is 5.37. The first-order chi connectivity index (χ1) is 9.60. The molecule has 20 heavy (non-hydrogen) atoms. The monoisotopic (exact) mass is 353 g/mol. The van der Waals surface area contributed by atoms with E-state index in [0.29, 0.717) is 6.04 Å². The molecule has 0 saturated carbocycles. The van der Waals surface area contributed by atoms with Crippen LogP contribution in [-0.2, 0) is 13.0 Å². The van der Waals surface area contributed by atoms with Gasteiger partial charge < -0.3 is 4.74 Å². The number of hydrogen-bond acceptors (Lipinski definition) is 3. The standard InChI is InChI=1S/C16H20BrNOS/c1-12(9-14-5-4-8-20-14)18(2)11-13-6-7-16(19-3)15(17)10-13/h4-8,10,12H,9,11H2,1-3H3. The first kappa shape index (κ1) is 15.5. The molecule has 0 radical (unpaired) electrons. The Hall–Kier alpha value is -0.840. The van der Waals surface area contributed by atoms with Crippen LogP contribution < -0.4 is 4.74 Å². The quantitative estimate of drug-likeness (QED) is 0.753. The lowest BCUT2D eigenvalue weighted by atomic mass is 10.1. The molecule has 0 bridgehead atoms. The predicted molar refractivity (Wildman–Crippen MR) is 89.6 cm³/mol. The van der Waals surface area contributed by atoms with Crippen molar-refractivity contribution in [2.75, 3.05) is 14.2 Å². The van der Waals surface area contributed by atoms with E-state index in [0.717, 1.165) is 23.2 Å². The Labute approximate surface area is 133 Å². The van der Waals surface area contributed by atoms with Gasteiger partial charge >= 0.3 is 0 Å². The summed E-state index contributed by atoms with van der Waals surface area (Å²) < 4.78 is 6.27. The van der Waals surface area contributed by atoms with E-state index in [1.54, 1.807) is 7.11 Å². The Morgan fingerprint density at radius 1 is 1.35 bits per heavy atom. The number of hydrogen-bond donors (Lipinski definition) is 0. The van der Waals surface area contributed by atoms with Crippen LogP contribution in [0.2, 0.25) is 0 Å². The van der Waals surface area contributed by atoms with Crippen molar-refractivity contribution in [3.8, 4) is 5.75 Å². The molecular weight excluding hydrogens is 334 g/mol. The van der Waals surface area contributed by atoms with Gasteiger partial charge in [0.05, 0.1) is 11.6 Å². The molecule has 1 unspecified atom stereocenters. The number of thiophene rings is 1. The van der Waals surface area contributed by atoms with Crippen LogP contribution in [0.25, 0.3) is 0 Å². The zero-order chi connectivity index (χ0) is 14.5. The van der Waals surface area contributed by atoms with E-state index in [2.05, 4.69) is 64.4 Å². The highest BCUT2D eigenvalue weighted by molar-refractivity contribution is 9.10. The van der Waals surface area contributed by atoms with Gasteiger partial charge in [-0.25, -0.2) is 0 Å². The van der Waals surface area contributed by atoms with Gasteiger partial charge in [-0.05, 0) is 65.5 Å². The van der Waals surface area contributed by atoms with E-state index in [1.807, 2.05) is 17.4 Å². The zero-order valence-corrected chi connectivity index (χ0v) is 14.5. The second-order valence-corrected chi connectivity index (χ2v) is 6.90. The molecule has 2 aromatic rings. The van der Waals surface area contributed by atoms with E-state index < -0.39 is 0 Å². The smallest absolute Gasteiger partial charge is 0.133 e. The summed E-state index contributed by atoms with van der Waals surface area (Å²) in [7, 11) is 3.87. The van der Waals surface area contributed by atoms with E-state index in [-0.39, 0.29) is 0 Å². The molecule has 1 aromatic carbocycles. The molecule has 1 aromatic heterocycles.